The molecule has 0 saturated carbocycles. The number of anilines is 2. The molecule has 41 heavy (non-hydrogen) atoms. The van der Waals surface area contributed by atoms with Crippen LogP contribution in [0.4, 0.5) is 11.4 Å². The Labute approximate surface area is 235 Å². The zero-order chi connectivity index (χ0) is 29.3. The first kappa shape index (κ1) is 27.2. The Balaban J connectivity index is 1.55. The molecule has 0 bridgehead atoms. The van der Waals surface area contributed by atoms with Crippen LogP contribution in [0, 0.1) is 13.8 Å². The molecule has 10 heteroatoms. The van der Waals surface area contributed by atoms with Crippen LogP contribution in [-0.4, -0.2) is 43.4 Å². The number of nitrogens with zero attached hydrogens (tertiary/aromatic N) is 2. The Hall–Kier alpha value is -5.38. The quantitative estimate of drug-likeness (QED) is 0.268. The zero-order valence-corrected chi connectivity index (χ0v) is 22.4. The third-order valence-corrected chi connectivity index (χ3v) is 7.09. The van der Waals surface area contributed by atoms with E-state index >= 15 is 0 Å². The molecular formula is C31H28N4O6. The maximum absolute atomic E-state index is 13.8. The Kier molecular flexibility index (Phi) is 7.30. The first-order valence-corrected chi connectivity index (χ1v) is 12.9. The van der Waals surface area contributed by atoms with E-state index in [4.69, 9.17) is 0 Å². The predicted molar refractivity (Wildman–Crippen MR) is 153 cm³/mol. The van der Waals surface area contributed by atoms with Crippen molar-refractivity contribution in [2.24, 2.45) is 0 Å². The van der Waals surface area contributed by atoms with Crippen molar-refractivity contribution in [3.8, 4) is 11.5 Å². The van der Waals surface area contributed by atoms with E-state index in [0.717, 1.165) is 22.9 Å². The number of nitrogens with one attached hydrogen (secondary N) is 2. The van der Waals surface area contributed by atoms with E-state index in [1.54, 1.807) is 24.3 Å². The van der Waals surface area contributed by atoms with Crippen LogP contribution < -0.4 is 16.1 Å². The molecule has 0 aliphatic carbocycles. The van der Waals surface area contributed by atoms with Gasteiger partial charge in [-0.25, -0.2) is 0 Å². The van der Waals surface area contributed by atoms with Gasteiger partial charge in [0.1, 0.15) is 17.4 Å². The molecule has 1 aromatic heterocycles. The third-order valence-electron chi connectivity index (χ3n) is 7.09. The Bertz CT molecular complexity index is 1710. The van der Waals surface area contributed by atoms with Gasteiger partial charge in [0, 0.05) is 18.4 Å². The number of aryl methyl sites for hydroxylation is 2. The van der Waals surface area contributed by atoms with Gasteiger partial charge in [-0.15, -0.1) is 0 Å². The van der Waals surface area contributed by atoms with Gasteiger partial charge in [0.25, 0.3) is 11.8 Å². The molecule has 5 rings (SSSR count). The molecule has 208 valence electrons. The van der Waals surface area contributed by atoms with E-state index in [9.17, 15) is 29.4 Å². The number of phenols is 1. The molecule has 1 aliphatic heterocycles. The molecule has 1 atom stereocenters. The van der Waals surface area contributed by atoms with Gasteiger partial charge in [-0.1, -0.05) is 60.7 Å². The largest absolute Gasteiger partial charge is 0.506 e. The number of fused-ring (bicyclic) bond motifs is 1. The highest BCUT2D eigenvalue weighted by Crippen LogP contribution is 2.28. The lowest BCUT2D eigenvalue weighted by molar-refractivity contribution is -0.121. The highest BCUT2D eigenvalue weighted by molar-refractivity contribution is 6.07. The molecule has 0 radical (unpaired) electrons. The van der Waals surface area contributed by atoms with E-state index < -0.39 is 40.5 Å². The van der Waals surface area contributed by atoms with Gasteiger partial charge in [0.05, 0.1) is 12.2 Å². The summed E-state index contributed by atoms with van der Waals surface area (Å²) in [5.74, 6) is -3.19. The Morgan fingerprint density at radius 1 is 0.878 bits per heavy atom. The molecule has 0 saturated heterocycles. The highest BCUT2D eigenvalue weighted by Gasteiger charge is 2.40. The van der Waals surface area contributed by atoms with Crippen molar-refractivity contribution in [2.75, 3.05) is 10.6 Å². The lowest BCUT2D eigenvalue weighted by atomic mass is 10.0. The molecule has 1 unspecified atom stereocenters. The first-order valence-electron chi connectivity index (χ1n) is 12.9. The number of carbonyl (C=O) groups is 3. The summed E-state index contributed by atoms with van der Waals surface area (Å²) >= 11 is 0. The van der Waals surface area contributed by atoms with Crippen LogP contribution in [0.15, 0.2) is 83.8 Å². The fourth-order valence-electron chi connectivity index (χ4n) is 4.92. The molecule has 4 N–H and O–H groups in total. The zero-order valence-electron chi connectivity index (χ0n) is 22.4. The van der Waals surface area contributed by atoms with Crippen molar-refractivity contribution < 1.29 is 24.6 Å². The molecular weight excluding hydrogens is 524 g/mol. The average molecular weight is 553 g/mol. The summed E-state index contributed by atoms with van der Waals surface area (Å²) in [5.41, 5.74) is 1.32. The molecule has 10 nitrogen and oxygen atoms in total. The van der Waals surface area contributed by atoms with E-state index in [1.165, 1.54) is 21.6 Å². The van der Waals surface area contributed by atoms with Gasteiger partial charge >= 0.3 is 0 Å². The van der Waals surface area contributed by atoms with Gasteiger partial charge in [-0.05, 0) is 42.7 Å². The average Bonchev–Trinajstić information content (AvgIpc) is 2.95. The van der Waals surface area contributed by atoms with Crippen molar-refractivity contribution in [2.45, 2.75) is 33.0 Å². The summed E-state index contributed by atoms with van der Waals surface area (Å²) < 4.78 is 1.26. The minimum atomic E-state index is -1.05. The summed E-state index contributed by atoms with van der Waals surface area (Å²) in [6.07, 6.45) is 1.16. The number of hydrogen-bond acceptors (Lipinski definition) is 6. The van der Waals surface area contributed by atoms with Crippen LogP contribution >= 0.6 is 0 Å². The summed E-state index contributed by atoms with van der Waals surface area (Å²) in [7, 11) is 0. The van der Waals surface area contributed by atoms with Crippen LogP contribution in [0.3, 0.4) is 0 Å². The number of hydrogen-bond donors (Lipinski definition) is 4. The summed E-state index contributed by atoms with van der Waals surface area (Å²) in [5, 5.41) is 26.3. The standard InChI is InChI=1S/C31H28N4O6/c1-18-9-8-10-19(2)25(18)33-30(40)23-17-34-16-21(29(39)32-22-13-6-7-14-24(22)36)27(37)28(38)26(34)31(41)35(23)15-20-11-4-3-5-12-20/h3-14,16,23,36,38H,15,17H2,1-2H3,(H,32,39)(H,33,40). The minimum Gasteiger partial charge on any atom is -0.506 e. The van der Waals surface area contributed by atoms with Gasteiger partial charge in [0.15, 0.2) is 11.4 Å². The maximum Gasteiger partial charge on any atom is 0.275 e. The monoisotopic (exact) mass is 552 g/mol. The third kappa shape index (κ3) is 5.27. The number of rotatable bonds is 6. The van der Waals surface area contributed by atoms with Crippen molar-refractivity contribution in [1.82, 2.24) is 9.47 Å². The Morgan fingerprint density at radius 2 is 1.54 bits per heavy atom. The lowest BCUT2D eigenvalue weighted by Crippen LogP contribution is -2.54. The van der Waals surface area contributed by atoms with E-state index in [1.807, 2.05) is 50.2 Å². The van der Waals surface area contributed by atoms with E-state index in [2.05, 4.69) is 10.6 Å². The number of aromatic hydroxyl groups is 2. The SMILES string of the molecule is Cc1cccc(C)c1NC(=O)C1Cn2cc(C(=O)Nc3ccccc3O)c(=O)c(O)c2C(=O)N1Cc1ccccc1. The number of phenolic OH excluding ortho intramolecular Hbond substituents is 1. The van der Waals surface area contributed by atoms with Gasteiger partial charge in [0.2, 0.25) is 11.3 Å². The van der Waals surface area contributed by atoms with Crippen LogP contribution in [0.5, 0.6) is 11.5 Å². The topological polar surface area (TPSA) is 141 Å². The van der Waals surface area contributed by atoms with E-state index in [-0.39, 0.29) is 30.2 Å². The van der Waals surface area contributed by atoms with Crippen molar-refractivity contribution in [3.05, 3.63) is 117 Å². The van der Waals surface area contributed by atoms with Gasteiger partial charge < -0.3 is 30.3 Å². The van der Waals surface area contributed by atoms with Crippen LogP contribution in [0.1, 0.15) is 37.5 Å². The first-order chi connectivity index (χ1) is 19.7. The van der Waals surface area contributed by atoms with Gasteiger partial charge in [-0.2, -0.15) is 0 Å². The molecule has 2 heterocycles. The summed E-state index contributed by atoms with van der Waals surface area (Å²) in [6, 6.07) is 19.6. The highest BCUT2D eigenvalue weighted by atomic mass is 16.3. The number of pyridine rings is 1. The van der Waals surface area contributed by atoms with Crippen molar-refractivity contribution in [1.29, 1.82) is 0 Å². The molecule has 0 fully saturated rings. The summed E-state index contributed by atoms with van der Waals surface area (Å²) in [6.45, 7) is 3.65. The second-order valence-corrected chi connectivity index (χ2v) is 9.88. The normalized spacial score (nSPS) is 14.3. The summed E-state index contributed by atoms with van der Waals surface area (Å²) in [4.78, 5) is 54.9. The smallest absolute Gasteiger partial charge is 0.275 e. The number of carbonyl (C=O) groups excluding carboxylic acids is 3. The molecule has 4 aromatic rings. The van der Waals surface area contributed by atoms with Crippen molar-refractivity contribution in [3.63, 3.8) is 0 Å². The second-order valence-electron chi connectivity index (χ2n) is 9.88. The van der Waals surface area contributed by atoms with Crippen molar-refractivity contribution >= 4 is 29.1 Å². The lowest BCUT2D eigenvalue weighted by Gasteiger charge is -2.37. The predicted octanol–water partition coefficient (Wildman–Crippen LogP) is 3.79. The van der Waals surface area contributed by atoms with Crippen LogP contribution in [-0.2, 0) is 17.9 Å². The fourth-order valence-corrected chi connectivity index (χ4v) is 4.92. The van der Waals surface area contributed by atoms with Gasteiger partial charge in [-0.3, -0.25) is 19.2 Å². The fraction of sp³-hybridized carbons (Fsp3) is 0.161. The molecule has 1 aliphatic rings. The molecule has 0 spiro atoms. The number of benzene rings is 3. The number of para-hydroxylation sites is 3. The maximum atomic E-state index is 13.8. The molecule has 3 amide bonds. The van der Waals surface area contributed by atoms with Crippen LogP contribution in [0.25, 0.3) is 0 Å². The molecule has 3 aromatic carbocycles. The number of amides is 3. The number of aromatic nitrogens is 1. The van der Waals surface area contributed by atoms with Crippen LogP contribution in [0.2, 0.25) is 0 Å². The van der Waals surface area contributed by atoms with E-state index in [0.29, 0.717) is 5.69 Å². The Morgan fingerprint density at radius 3 is 2.22 bits per heavy atom. The minimum absolute atomic E-state index is 0.0493. The second kappa shape index (κ2) is 11.0.